The van der Waals surface area contributed by atoms with Gasteiger partial charge in [-0.3, -0.25) is 0 Å². The Labute approximate surface area is 96.0 Å². The van der Waals surface area contributed by atoms with Crippen molar-refractivity contribution >= 4 is 17.3 Å². The van der Waals surface area contributed by atoms with Crippen LogP contribution in [0.1, 0.15) is 24.8 Å². The van der Waals surface area contributed by atoms with Gasteiger partial charge < -0.3 is 10.6 Å². The molecule has 1 aliphatic heterocycles. The molecule has 0 fully saturated rings. The summed E-state index contributed by atoms with van der Waals surface area (Å²) in [6, 6.07) is 6.11. The molecule has 0 bridgehead atoms. The first-order valence-corrected chi connectivity index (χ1v) is 5.93. The first-order chi connectivity index (χ1) is 7.31. The molecular weight excluding hydrogens is 208 g/mol. The molecule has 15 heavy (non-hydrogen) atoms. The SMILES string of the molecule is CCNCC1CCNc2ccc(Cl)cc21. The molecule has 0 radical (unpaired) electrons. The highest BCUT2D eigenvalue weighted by Gasteiger charge is 2.19. The zero-order chi connectivity index (χ0) is 10.7. The Balaban J connectivity index is 2.20. The molecule has 0 amide bonds. The van der Waals surface area contributed by atoms with Gasteiger partial charge in [0.25, 0.3) is 0 Å². The molecular formula is C12H17ClN2. The van der Waals surface area contributed by atoms with E-state index >= 15 is 0 Å². The van der Waals surface area contributed by atoms with Crippen molar-refractivity contribution in [2.24, 2.45) is 0 Å². The second-order valence-corrected chi connectivity index (χ2v) is 4.39. The second-order valence-electron chi connectivity index (χ2n) is 3.95. The minimum absolute atomic E-state index is 0.597. The molecule has 1 heterocycles. The Morgan fingerprint density at radius 1 is 1.53 bits per heavy atom. The third-order valence-corrected chi connectivity index (χ3v) is 3.14. The lowest BCUT2D eigenvalue weighted by Gasteiger charge is -2.27. The van der Waals surface area contributed by atoms with Crippen LogP contribution in [0.5, 0.6) is 0 Å². The summed E-state index contributed by atoms with van der Waals surface area (Å²) in [4.78, 5) is 0. The summed E-state index contributed by atoms with van der Waals surface area (Å²) in [6.45, 7) is 5.27. The number of anilines is 1. The maximum atomic E-state index is 6.03. The van der Waals surface area contributed by atoms with Gasteiger partial charge in [-0.05, 0) is 36.7 Å². The number of nitrogens with one attached hydrogen (secondary N) is 2. The monoisotopic (exact) mass is 224 g/mol. The van der Waals surface area contributed by atoms with Crippen molar-refractivity contribution in [1.82, 2.24) is 5.32 Å². The smallest absolute Gasteiger partial charge is 0.0410 e. The van der Waals surface area contributed by atoms with Crippen molar-refractivity contribution in [3.63, 3.8) is 0 Å². The van der Waals surface area contributed by atoms with Crippen LogP contribution in [0.4, 0.5) is 5.69 Å². The van der Waals surface area contributed by atoms with Crippen molar-refractivity contribution in [1.29, 1.82) is 0 Å². The van der Waals surface area contributed by atoms with Crippen molar-refractivity contribution in [2.45, 2.75) is 19.3 Å². The summed E-state index contributed by atoms with van der Waals surface area (Å²) in [5.74, 6) is 0.597. The first-order valence-electron chi connectivity index (χ1n) is 5.55. The predicted octanol–water partition coefficient (Wildman–Crippen LogP) is 2.85. The van der Waals surface area contributed by atoms with Crippen LogP contribution in [0.2, 0.25) is 5.02 Å². The number of fused-ring (bicyclic) bond motifs is 1. The molecule has 1 aromatic carbocycles. The van der Waals surface area contributed by atoms with Gasteiger partial charge in [0, 0.05) is 29.7 Å². The van der Waals surface area contributed by atoms with E-state index in [1.165, 1.54) is 17.7 Å². The largest absolute Gasteiger partial charge is 0.385 e. The van der Waals surface area contributed by atoms with Crippen LogP contribution in [0, 0.1) is 0 Å². The highest BCUT2D eigenvalue weighted by atomic mass is 35.5. The van der Waals surface area contributed by atoms with E-state index in [0.29, 0.717) is 5.92 Å². The van der Waals surface area contributed by atoms with Gasteiger partial charge in [-0.2, -0.15) is 0 Å². The van der Waals surface area contributed by atoms with Crippen LogP contribution in [0.15, 0.2) is 18.2 Å². The van der Waals surface area contributed by atoms with Crippen molar-refractivity contribution in [3.05, 3.63) is 28.8 Å². The number of hydrogen-bond acceptors (Lipinski definition) is 2. The summed E-state index contributed by atoms with van der Waals surface area (Å²) in [5, 5.41) is 7.65. The van der Waals surface area contributed by atoms with Gasteiger partial charge in [-0.25, -0.2) is 0 Å². The average Bonchev–Trinajstić information content (AvgIpc) is 2.26. The fraction of sp³-hybridized carbons (Fsp3) is 0.500. The molecule has 3 heteroatoms. The number of benzene rings is 1. The van der Waals surface area contributed by atoms with Gasteiger partial charge >= 0.3 is 0 Å². The fourth-order valence-corrected chi connectivity index (χ4v) is 2.28. The normalized spacial score (nSPS) is 19.5. The van der Waals surface area contributed by atoms with Gasteiger partial charge in [-0.1, -0.05) is 18.5 Å². The Morgan fingerprint density at radius 2 is 2.40 bits per heavy atom. The van der Waals surface area contributed by atoms with Crippen LogP contribution in [-0.2, 0) is 0 Å². The molecule has 1 aliphatic rings. The maximum absolute atomic E-state index is 6.03. The molecule has 0 saturated carbocycles. The molecule has 1 atom stereocenters. The van der Waals surface area contributed by atoms with Crippen LogP contribution in [0.25, 0.3) is 0 Å². The van der Waals surface area contributed by atoms with Gasteiger partial charge in [0.15, 0.2) is 0 Å². The van der Waals surface area contributed by atoms with Crippen molar-refractivity contribution in [3.8, 4) is 0 Å². The summed E-state index contributed by atoms with van der Waals surface area (Å²) in [6.07, 6.45) is 1.18. The van der Waals surface area contributed by atoms with Gasteiger partial charge in [-0.15, -0.1) is 0 Å². The molecule has 1 aromatic rings. The van der Waals surface area contributed by atoms with E-state index in [1.54, 1.807) is 0 Å². The molecule has 2 N–H and O–H groups in total. The van der Waals surface area contributed by atoms with E-state index in [-0.39, 0.29) is 0 Å². The number of hydrogen-bond donors (Lipinski definition) is 2. The summed E-state index contributed by atoms with van der Waals surface area (Å²) < 4.78 is 0. The summed E-state index contributed by atoms with van der Waals surface area (Å²) in [5.41, 5.74) is 2.60. The van der Waals surface area contributed by atoms with E-state index in [2.05, 4.69) is 29.7 Å². The molecule has 0 aromatic heterocycles. The van der Waals surface area contributed by atoms with Crippen LogP contribution in [0.3, 0.4) is 0 Å². The Hall–Kier alpha value is -0.730. The van der Waals surface area contributed by atoms with E-state index in [1.807, 2.05) is 6.07 Å². The summed E-state index contributed by atoms with van der Waals surface area (Å²) in [7, 11) is 0. The zero-order valence-corrected chi connectivity index (χ0v) is 9.77. The van der Waals surface area contributed by atoms with E-state index in [4.69, 9.17) is 11.6 Å². The number of halogens is 1. The Kier molecular flexibility index (Phi) is 3.49. The van der Waals surface area contributed by atoms with E-state index < -0.39 is 0 Å². The molecule has 2 nitrogen and oxygen atoms in total. The minimum atomic E-state index is 0.597. The van der Waals surface area contributed by atoms with Crippen LogP contribution < -0.4 is 10.6 Å². The maximum Gasteiger partial charge on any atom is 0.0410 e. The van der Waals surface area contributed by atoms with Crippen LogP contribution >= 0.6 is 11.6 Å². The van der Waals surface area contributed by atoms with Gasteiger partial charge in [0.1, 0.15) is 0 Å². The fourth-order valence-electron chi connectivity index (χ4n) is 2.10. The lowest BCUT2D eigenvalue weighted by molar-refractivity contribution is 0.563. The zero-order valence-electron chi connectivity index (χ0n) is 9.02. The summed E-state index contributed by atoms with van der Waals surface area (Å²) >= 11 is 6.03. The van der Waals surface area contributed by atoms with E-state index in [9.17, 15) is 0 Å². The van der Waals surface area contributed by atoms with Crippen molar-refractivity contribution < 1.29 is 0 Å². The lowest BCUT2D eigenvalue weighted by atomic mass is 9.91. The van der Waals surface area contributed by atoms with Crippen molar-refractivity contribution in [2.75, 3.05) is 25.0 Å². The Morgan fingerprint density at radius 3 is 3.20 bits per heavy atom. The minimum Gasteiger partial charge on any atom is -0.385 e. The third kappa shape index (κ3) is 2.44. The Bertz CT molecular complexity index is 338. The highest BCUT2D eigenvalue weighted by molar-refractivity contribution is 6.30. The molecule has 82 valence electrons. The second kappa shape index (κ2) is 4.86. The number of rotatable bonds is 3. The molecule has 2 rings (SSSR count). The third-order valence-electron chi connectivity index (χ3n) is 2.90. The van der Waals surface area contributed by atoms with Crippen LogP contribution in [-0.4, -0.2) is 19.6 Å². The lowest BCUT2D eigenvalue weighted by Crippen LogP contribution is -2.26. The molecule has 0 spiro atoms. The topological polar surface area (TPSA) is 24.1 Å². The quantitative estimate of drug-likeness (QED) is 0.825. The number of likely N-dealkylation sites (N-methyl/N-ethyl adjacent to an activating group) is 1. The van der Waals surface area contributed by atoms with E-state index in [0.717, 1.165) is 24.7 Å². The highest BCUT2D eigenvalue weighted by Crippen LogP contribution is 2.32. The molecule has 0 saturated heterocycles. The standard InChI is InChI=1S/C12H17ClN2/c1-2-14-8-9-5-6-15-12-4-3-10(13)7-11(9)12/h3-4,7,9,14-15H,2,5-6,8H2,1H3. The van der Waals surface area contributed by atoms with Gasteiger partial charge in [0.05, 0.1) is 0 Å². The average molecular weight is 225 g/mol. The molecule has 0 aliphatic carbocycles. The van der Waals surface area contributed by atoms with Gasteiger partial charge in [0.2, 0.25) is 0 Å². The molecule has 1 unspecified atom stereocenters. The predicted molar refractivity (Wildman–Crippen MR) is 65.8 cm³/mol. The first kappa shape index (κ1) is 10.8.